The van der Waals surface area contributed by atoms with Crippen LogP contribution in [0, 0.1) is 19.8 Å². The van der Waals surface area contributed by atoms with E-state index in [-0.39, 0.29) is 6.04 Å². The summed E-state index contributed by atoms with van der Waals surface area (Å²) >= 11 is 7.25. The smallest absolute Gasteiger partial charge is 0.330 e. The lowest BCUT2D eigenvalue weighted by Crippen LogP contribution is -2.37. The molecular weight excluding hydrogens is 666 g/mol. The van der Waals surface area contributed by atoms with Crippen LogP contribution in [-0.2, 0) is 25.3 Å². The summed E-state index contributed by atoms with van der Waals surface area (Å²) in [6.07, 6.45) is 4.82. The van der Waals surface area contributed by atoms with Gasteiger partial charge in [-0.15, -0.1) is 0 Å². The minimum Gasteiger partial charge on any atom is -0.481 e. The molecule has 0 saturated carbocycles. The maximum absolute atomic E-state index is 13.3. The molecule has 7 rings (SSSR count). The number of hydrogen-bond acceptors (Lipinski definition) is 8. The molecule has 2 N–H and O–H groups in total. The Kier molecular flexibility index (Phi) is 9.43. The van der Waals surface area contributed by atoms with Crippen LogP contribution in [0.3, 0.4) is 0 Å². The van der Waals surface area contributed by atoms with Gasteiger partial charge in [-0.05, 0) is 86.9 Å². The van der Waals surface area contributed by atoms with E-state index in [1.807, 2.05) is 50.2 Å². The normalized spacial score (nSPS) is 17.1. The molecular formula is C39H42ClN7O4. The van der Waals surface area contributed by atoms with Crippen molar-refractivity contribution < 1.29 is 9.53 Å². The molecule has 3 aromatic heterocycles. The fourth-order valence-electron chi connectivity index (χ4n) is 7.90. The lowest BCUT2D eigenvalue weighted by molar-refractivity contribution is -0.109. The minimum absolute atomic E-state index is 0.255. The molecule has 2 aromatic carbocycles. The van der Waals surface area contributed by atoms with Crippen molar-refractivity contribution in [2.45, 2.75) is 45.6 Å². The molecule has 1 aliphatic carbocycles. The number of carbonyl (C=O) groups excluding carboxylic acids is 1. The molecule has 2 aliphatic rings. The summed E-state index contributed by atoms with van der Waals surface area (Å²) in [5, 5.41) is 7.12. The first kappa shape index (κ1) is 34.4. The number of likely N-dealkylation sites (tertiary alicyclic amines) is 1. The first-order valence-electron chi connectivity index (χ1n) is 17.3. The van der Waals surface area contributed by atoms with E-state index in [2.05, 4.69) is 26.6 Å². The fraction of sp³-hybridized carbons (Fsp3) is 0.359. The van der Waals surface area contributed by atoms with Crippen LogP contribution in [0.1, 0.15) is 47.7 Å². The summed E-state index contributed by atoms with van der Waals surface area (Å²) < 4.78 is 8.51. The van der Waals surface area contributed by atoms with E-state index in [0.29, 0.717) is 45.8 Å². The van der Waals surface area contributed by atoms with Crippen LogP contribution < -0.4 is 26.6 Å². The van der Waals surface area contributed by atoms with Crippen LogP contribution in [0.2, 0.25) is 5.02 Å². The van der Waals surface area contributed by atoms with Gasteiger partial charge in [0.15, 0.2) is 0 Å². The number of nitrogens with one attached hydrogen (secondary N) is 2. The molecule has 0 spiro atoms. The molecule has 1 amide bonds. The largest absolute Gasteiger partial charge is 0.481 e. The van der Waals surface area contributed by atoms with Gasteiger partial charge < -0.3 is 15.4 Å². The number of nitrogens with zero attached hydrogens (tertiary/aromatic N) is 5. The molecule has 264 valence electrons. The van der Waals surface area contributed by atoms with Gasteiger partial charge >= 0.3 is 5.69 Å². The molecule has 0 bridgehead atoms. The van der Waals surface area contributed by atoms with Gasteiger partial charge in [0.25, 0.3) is 5.56 Å². The molecule has 1 aliphatic heterocycles. The fourth-order valence-corrected chi connectivity index (χ4v) is 8.23. The van der Waals surface area contributed by atoms with Crippen molar-refractivity contribution in [3.8, 4) is 28.3 Å². The quantitative estimate of drug-likeness (QED) is 0.137. The van der Waals surface area contributed by atoms with Gasteiger partial charge in [0.2, 0.25) is 12.3 Å². The highest BCUT2D eigenvalue weighted by Gasteiger charge is 2.36. The maximum atomic E-state index is 13.3. The van der Waals surface area contributed by atoms with Gasteiger partial charge in [0.1, 0.15) is 11.2 Å². The number of rotatable bonds is 10. The molecule has 2 atom stereocenters. The molecule has 2 unspecified atom stereocenters. The second-order valence-corrected chi connectivity index (χ2v) is 14.0. The molecule has 4 heterocycles. The molecule has 5 aromatic rings. The first-order valence-corrected chi connectivity index (χ1v) is 17.7. The third kappa shape index (κ3) is 6.18. The molecule has 1 fully saturated rings. The highest BCUT2D eigenvalue weighted by molar-refractivity contribution is 6.36. The number of aryl methyl sites for hydroxylation is 3. The van der Waals surface area contributed by atoms with E-state index in [9.17, 15) is 14.4 Å². The van der Waals surface area contributed by atoms with Crippen molar-refractivity contribution in [3.63, 3.8) is 0 Å². The highest BCUT2D eigenvalue weighted by atomic mass is 35.5. The van der Waals surface area contributed by atoms with E-state index in [1.165, 1.54) is 22.7 Å². The van der Waals surface area contributed by atoms with E-state index < -0.39 is 11.2 Å². The summed E-state index contributed by atoms with van der Waals surface area (Å²) in [6.45, 7) is 6.58. The number of amides is 1. The average molecular weight is 708 g/mol. The zero-order valence-corrected chi connectivity index (χ0v) is 30.3. The van der Waals surface area contributed by atoms with Gasteiger partial charge in [-0.3, -0.25) is 23.6 Å². The van der Waals surface area contributed by atoms with E-state index in [0.717, 1.165) is 83.4 Å². The summed E-state index contributed by atoms with van der Waals surface area (Å²) in [6, 6.07) is 16.1. The summed E-state index contributed by atoms with van der Waals surface area (Å²) in [7, 11) is 4.81. The topological polar surface area (TPSA) is 123 Å². The average Bonchev–Trinajstić information content (AvgIpc) is 3.78. The Hall–Kier alpha value is -5.00. The monoisotopic (exact) mass is 707 g/mol. The number of halogens is 1. The number of anilines is 2. The second-order valence-electron chi connectivity index (χ2n) is 13.6. The number of carbonyl (C=O) groups is 1. The zero-order chi connectivity index (χ0) is 36.0. The Morgan fingerprint density at radius 2 is 1.76 bits per heavy atom. The Bertz CT molecular complexity index is 2300. The van der Waals surface area contributed by atoms with Crippen molar-refractivity contribution >= 4 is 40.4 Å². The van der Waals surface area contributed by atoms with Crippen LogP contribution in [0.15, 0.2) is 58.1 Å². The third-order valence-electron chi connectivity index (χ3n) is 10.6. The Morgan fingerprint density at radius 1 is 1.00 bits per heavy atom. The van der Waals surface area contributed by atoms with Crippen LogP contribution in [0.25, 0.3) is 33.3 Å². The SMILES string of the molecule is COc1nc(-c2cccc(-c3cccc(Nc4nc(C)cc5c4c(=O)n(C)c(=O)n5C)c3C)c2Cl)cc2c1C(N1CCC(CCNC=O)C1)CC2. The lowest BCUT2D eigenvalue weighted by atomic mass is 9.96. The van der Waals surface area contributed by atoms with E-state index in [1.54, 1.807) is 20.2 Å². The lowest BCUT2D eigenvalue weighted by Gasteiger charge is -2.26. The third-order valence-corrected chi connectivity index (χ3v) is 11.0. The number of benzene rings is 2. The highest BCUT2D eigenvalue weighted by Crippen LogP contribution is 2.46. The standard InChI is InChI=1S/C39H42ClN7O4/c1-22-18-32-34(38(49)46(4)39(50)45(32)3)36(42-22)43-29-11-7-8-26(23(29)2)27-9-6-10-28(35(27)40)30-19-25-12-13-31(33(25)37(44-30)51-5)47-17-15-24(20-47)14-16-41-21-48/h6-11,18-19,21,24,31H,12-17,20H2,1-5H3,(H,41,48)(H,42,43). The Labute approximate surface area is 301 Å². The van der Waals surface area contributed by atoms with E-state index >= 15 is 0 Å². The molecule has 11 nitrogen and oxygen atoms in total. The van der Waals surface area contributed by atoms with Gasteiger partial charge in [0, 0.05) is 61.3 Å². The second kappa shape index (κ2) is 14.0. The van der Waals surface area contributed by atoms with Crippen LogP contribution in [0.4, 0.5) is 11.5 Å². The van der Waals surface area contributed by atoms with Crippen LogP contribution in [-0.4, -0.2) is 57.2 Å². The number of pyridine rings is 2. The van der Waals surface area contributed by atoms with Crippen LogP contribution >= 0.6 is 11.6 Å². The Balaban J connectivity index is 1.21. The predicted molar refractivity (Wildman–Crippen MR) is 201 cm³/mol. The van der Waals surface area contributed by atoms with Crippen molar-refractivity contribution in [2.24, 2.45) is 20.0 Å². The summed E-state index contributed by atoms with van der Waals surface area (Å²) in [4.78, 5) is 48.9. The van der Waals surface area contributed by atoms with Crippen molar-refractivity contribution in [2.75, 3.05) is 32.1 Å². The summed E-state index contributed by atoms with van der Waals surface area (Å²) in [5.74, 6) is 1.59. The number of aromatic nitrogens is 4. The molecule has 51 heavy (non-hydrogen) atoms. The molecule has 1 saturated heterocycles. The summed E-state index contributed by atoms with van der Waals surface area (Å²) in [5.41, 5.74) is 7.82. The maximum Gasteiger partial charge on any atom is 0.330 e. The predicted octanol–water partition coefficient (Wildman–Crippen LogP) is 5.83. The number of methoxy groups -OCH3 is 1. The zero-order valence-electron chi connectivity index (χ0n) is 29.5. The Morgan fingerprint density at radius 3 is 2.55 bits per heavy atom. The number of fused-ring (bicyclic) bond motifs is 2. The number of ether oxygens (including phenoxy) is 1. The minimum atomic E-state index is -0.412. The van der Waals surface area contributed by atoms with Gasteiger partial charge in [-0.25, -0.2) is 14.8 Å². The van der Waals surface area contributed by atoms with Gasteiger partial charge in [-0.2, -0.15) is 0 Å². The van der Waals surface area contributed by atoms with Crippen molar-refractivity contribution in [1.29, 1.82) is 0 Å². The van der Waals surface area contributed by atoms with E-state index in [4.69, 9.17) is 21.3 Å². The van der Waals surface area contributed by atoms with Gasteiger partial charge in [0.05, 0.1) is 23.3 Å². The number of hydrogen-bond donors (Lipinski definition) is 2. The molecule has 12 heteroatoms. The molecule has 0 radical (unpaired) electrons. The van der Waals surface area contributed by atoms with Gasteiger partial charge in [-0.1, -0.05) is 41.9 Å². The van der Waals surface area contributed by atoms with Crippen molar-refractivity contribution in [1.82, 2.24) is 29.3 Å². The first-order chi connectivity index (χ1) is 24.6. The van der Waals surface area contributed by atoms with Crippen LogP contribution in [0.5, 0.6) is 5.88 Å². The van der Waals surface area contributed by atoms with Crippen molar-refractivity contribution in [3.05, 3.63) is 96.8 Å².